The molecule has 2 aromatic rings. The van der Waals surface area contributed by atoms with Crippen molar-refractivity contribution in [2.45, 2.75) is 0 Å². The molecule has 120 valence electrons. The van der Waals surface area contributed by atoms with Gasteiger partial charge in [0.1, 0.15) is 17.2 Å². The number of ether oxygens (including phenoxy) is 2. The summed E-state index contributed by atoms with van der Waals surface area (Å²) in [5.74, 6) is 0.554. The Balaban J connectivity index is 2.16. The summed E-state index contributed by atoms with van der Waals surface area (Å²) >= 11 is 3.38. The van der Waals surface area contributed by atoms with Gasteiger partial charge < -0.3 is 14.6 Å². The summed E-state index contributed by atoms with van der Waals surface area (Å²) in [6.07, 6.45) is 1.45. The number of phenols is 1. The minimum Gasteiger partial charge on any atom is -0.507 e. The van der Waals surface area contributed by atoms with Gasteiger partial charge >= 0.3 is 0 Å². The molecule has 2 N–H and O–H groups in total. The van der Waals surface area contributed by atoms with Crippen LogP contribution in [0.15, 0.2) is 46.0 Å². The van der Waals surface area contributed by atoms with E-state index < -0.39 is 5.91 Å². The van der Waals surface area contributed by atoms with Gasteiger partial charge in [0, 0.05) is 11.6 Å². The molecule has 0 unspecified atom stereocenters. The number of nitrogens with zero attached hydrogens (tertiary/aromatic N) is 1. The third-order valence-corrected chi connectivity index (χ3v) is 3.64. The maximum atomic E-state index is 11.9. The zero-order valence-electron chi connectivity index (χ0n) is 12.5. The van der Waals surface area contributed by atoms with Crippen molar-refractivity contribution in [3.8, 4) is 17.2 Å². The van der Waals surface area contributed by atoms with E-state index in [1.807, 2.05) is 0 Å². The number of halogens is 1. The van der Waals surface area contributed by atoms with Crippen molar-refractivity contribution in [2.75, 3.05) is 14.2 Å². The van der Waals surface area contributed by atoms with Gasteiger partial charge in [-0.1, -0.05) is 12.1 Å². The van der Waals surface area contributed by atoms with Gasteiger partial charge in [-0.3, -0.25) is 4.79 Å². The summed E-state index contributed by atoms with van der Waals surface area (Å²) in [5.41, 5.74) is 3.15. The average Bonchev–Trinajstić information content (AvgIpc) is 2.55. The summed E-state index contributed by atoms with van der Waals surface area (Å²) in [7, 11) is 3.08. The fraction of sp³-hybridized carbons (Fsp3) is 0.125. The quantitative estimate of drug-likeness (QED) is 0.619. The van der Waals surface area contributed by atoms with E-state index in [1.54, 1.807) is 31.4 Å². The van der Waals surface area contributed by atoms with Crippen molar-refractivity contribution in [1.29, 1.82) is 0 Å². The molecule has 23 heavy (non-hydrogen) atoms. The molecule has 0 heterocycles. The van der Waals surface area contributed by atoms with Crippen LogP contribution in [-0.2, 0) is 0 Å². The van der Waals surface area contributed by atoms with Crippen LogP contribution in [-0.4, -0.2) is 31.4 Å². The molecule has 0 bridgehead atoms. The fourth-order valence-corrected chi connectivity index (χ4v) is 2.39. The highest BCUT2D eigenvalue weighted by atomic mass is 79.9. The number of amides is 1. The molecular weight excluding hydrogens is 364 g/mol. The second-order valence-electron chi connectivity index (χ2n) is 4.44. The van der Waals surface area contributed by atoms with Crippen molar-refractivity contribution in [1.82, 2.24) is 5.43 Å². The first kappa shape index (κ1) is 16.8. The Hall–Kier alpha value is -2.54. The molecule has 0 aromatic heterocycles. The van der Waals surface area contributed by atoms with Crippen LogP contribution in [0.5, 0.6) is 17.2 Å². The first-order valence-corrected chi connectivity index (χ1v) is 7.39. The average molecular weight is 379 g/mol. The van der Waals surface area contributed by atoms with E-state index in [9.17, 15) is 9.90 Å². The standard InChI is InChI=1S/C16H15BrN2O4/c1-22-14-8-15(23-2)12(17)7-10(14)9-18-19-16(21)11-5-3-4-6-13(11)20/h3-9,20H,1-2H3,(H,19,21)/b18-9-. The topological polar surface area (TPSA) is 80.2 Å². The lowest BCUT2D eigenvalue weighted by molar-refractivity contribution is 0.0952. The number of carbonyl (C=O) groups is 1. The zero-order chi connectivity index (χ0) is 16.8. The first-order chi connectivity index (χ1) is 11.1. The van der Waals surface area contributed by atoms with Crippen LogP contribution in [0.1, 0.15) is 15.9 Å². The lowest BCUT2D eigenvalue weighted by Gasteiger charge is -2.09. The molecule has 1 amide bonds. The largest absolute Gasteiger partial charge is 0.507 e. The maximum absolute atomic E-state index is 11.9. The molecule has 0 fully saturated rings. The lowest BCUT2D eigenvalue weighted by atomic mass is 10.2. The maximum Gasteiger partial charge on any atom is 0.275 e. The Labute approximate surface area is 141 Å². The van der Waals surface area contributed by atoms with Gasteiger partial charge in [-0.05, 0) is 34.1 Å². The van der Waals surface area contributed by atoms with Crippen molar-refractivity contribution >= 4 is 28.1 Å². The summed E-state index contributed by atoms with van der Waals surface area (Å²) < 4.78 is 11.2. The number of rotatable bonds is 5. The molecule has 2 aromatic carbocycles. The normalized spacial score (nSPS) is 10.6. The number of hydrogen-bond donors (Lipinski definition) is 2. The Morgan fingerprint density at radius 1 is 1.22 bits per heavy atom. The summed E-state index contributed by atoms with van der Waals surface area (Å²) in [4.78, 5) is 11.9. The number of benzene rings is 2. The Kier molecular flexibility index (Phi) is 5.59. The second kappa shape index (κ2) is 7.64. The van der Waals surface area contributed by atoms with Crippen LogP contribution in [0, 0.1) is 0 Å². The highest BCUT2D eigenvalue weighted by Crippen LogP contribution is 2.31. The van der Waals surface area contributed by atoms with Gasteiger partial charge in [-0.15, -0.1) is 0 Å². The fourth-order valence-electron chi connectivity index (χ4n) is 1.87. The third-order valence-electron chi connectivity index (χ3n) is 3.02. The van der Waals surface area contributed by atoms with Crippen molar-refractivity contribution in [3.63, 3.8) is 0 Å². The number of nitrogens with one attached hydrogen (secondary N) is 1. The van der Waals surface area contributed by atoms with Crippen molar-refractivity contribution < 1.29 is 19.4 Å². The van der Waals surface area contributed by atoms with Crippen LogP contribution in [0.3, 0.4) is 0 Å². The number of para-hydroxylation sites is 1. The molecular formula is C16H15BrN2O4. The van der Waals surface area contributed by atoms with Gasteiger partial charge in [0.15, 0.2) is 0 Å². The highest BCUT2D eigenvalue weighted by molar-refractivity contribution is 9.10. The van der Waals surface area contributed by atoms with Crippen LogP contribution in [0.2, 0.25) is 0 Å². The highest BCUT2D eigenvalue weighted by Gasteiger charge is 2.10. The van der Waals surface area contributed by atoms with Crippen LogP contribution in [0.4, 0.5) is 0 Å². The molecule has 6 nitrogen and oxygen atoms in total. The lowest BCUT2D eigenvalue weighted by Crippen LogP contribution is -2.17. The van der Waals surface area contributed by atoms with E-state index in [0.29, 0.717) is 17.1 Å². The zero-order valence-corrected chi connectivity index (χ0v) is 14.1. The van der Waals surface area contributed by atoms with Crippen LogP contribution >= 0.6 is 15.9 Å². The predicted molar refractivity (Wildman–Crippen MR) is 90.4 cm³/mol. The van der Waals surface area contributed by atoms with E-state index in [4.69, 9.17) is 9.47 Å². The molecule has 0 radical (unpaired) electrons. The molecule has 7 heteroatoms. The molecule has 0 aliphatic rings. The SMILES string of the molecule is COc1cc(OC)c(/C=N\NC(=O)c2ccccc2O)cc1Br. The monoisotopic (exact) mass is 378 g/mol. The first-order valence-electron chi connectivity index (χ1n) is 6.59. The Morgan fingerprint density at radius 2 is 1.91 bits per heavy atom. The number of hydrazone groups is 1. The Bertz CT molecular complexity index is 747. The molecule has 0 atom stereocenters. The second-order valence-corrected chi connectivity index (χ2v) is 5.30. The van der Waals surface area contributed by atoms with Gasteiger partial charge in [0.05, 0.1) is 30.5 Å². The molecule has 0 spiro atoms. The van der Waals surface area contributed by atoms with Crippen molar-refractivity contribution in [3.05, 3.63) is 52.0 Å². The Morgan fingerprint density at radius 3 is 2.57 bits per heavy atom. The van der Waals surface area contributed by atoms with Gasteiger partial charge in [0.25, 0.3) is 5.91 Å². The number of phenolic OH excluding ortho intramolecular Hbond substituents is 1. The van der Waals surface area contributed by atoms with Gasteiger partial charge in [0.2, 0.25) is 0 Å². The van der Waals surface area contributed by atoms with E-state index in [1.165, 1.54) is 25.5 Å². The van der Waals surface area contributed by atoms with E-state index in [0.717, 1.165) is 4.47 Å². The molecule has 0 saturated heterocycles. The summed E-state index contributed by atoms with van der Waals surface area (Å²) in [6, 6.07) is 9.69. The summed E-state index contributed by atoms with van der Waals surface area (Å²) in [6.45, 7) is 0. The van der Waals surface area contributed by atoms with Gasteiger partial charge in [-0.2, -0.15) is 5.10 Å². The minimum absolute atomic E-state index is 0.107. The van der Waals surface area contributed by atoms with Crippen LogP contribution in [0.25, 0.3) is 0 Å². The predicted octanol–water partition coefficient (Wildman–Crippen LogP) is 2.94. The van der Waals surface area contributed by atoms with Crippen LogP contribution < -0.4 is 14.9 Å². The van der Waals surface area contributed by atoms with E-state index >= 15 is 0 Å². The molecule has 2 rings (SSSR count). The summed E-state index contributed by atoms with van der Waals surface area (Å²) in [5, 5.41) is 13.5. The minimum atomic E-state index is -0.508. The van der Waals surface area contributed by atoms with Gasteiger partial charge in [-0.25, -0.2) is 5.43 Å². The number of hydrogen-bond acceptors (Lipinski definition) is 5. The van der Waals surface area contributed by atoms with E-state index in [2.05, 4.69) is 26.5 Å². The molecule has 0 aliphatic carbocycles. The van der Waals surface area contributed by atoms with E-state index in [-0.39, 0.29) is 11.3 Å². The number of methoxy groups -OCH3 is 2. The third kappa shape index (κ3) is 4.01. The smallest absolute Gasteiger partial charge is 0.275 e. The molecule has 0 saturated carbocycles. The number of aromatic hydroxyl groups is 1. The molecule has 0 aliphatic heterocycles. The van der Waals surface area contributed by atoms with Crippen molar-refractivity contribution in [2.24, 2.45) is 5.10 Å². The number of carbonyl (C=O) groups excluding carboxylic acids is 1.